The van der Waals surface area contributed by atoms with E-state index in [1.807, 2.05) is 13.0 Å². The molecule has 0 radical (unpaired) electrons. The molecule has 1 aromatic rings. The van der Waals surface area contributed by atoms with Gasteiger partial charge in [-0.2, -0.15) is 0 Å². The van der Waals surface area contributed by atoms with Gasteiger partial charge >= 0.3 is 0 Å². The second kappa shape index (κ2) is 4.64. The SMILES string of the molecule is Cc1nc(Cl)cc(N2C[C@@H]3OCCN(C)[C@@H]3C2)n1. The number of ether oxygens (including phenoxy) is 1. The van der Waals surface area contributed by atoms with Gasteiger partial charge in [-0.1, -0.05) is 11.6 Å². The molecule has 0 spiro atoms. The molecule has 2 fully saturated rings. The van der Waals surface area contributed by atoms with Gasteiger partial charge < -0.3 is 9.64 Å². The second-order valence-electron chi connectivity index (χ2n) is 4.96. The zero-order valence-corrected chi connectivity index (χ0v) is 11.4. The molecule has 0 unspecified atom stereocenters. The molecule has 5 nitrogen and oxygen atoms in total. The number of anilines is 1. The van der Waals surface area contributed by atoms with Crippen LogP contribution in [0, 0.1) is 6.92 Å². The minimum atomic E-state index is 0.276. The zero-order chi connectivity index (χ0) is 12.7. The van der Waals surface area contributed by atoms with Crippen LogP contribution in [0.3, 0.4) is 0 Å². The van der Waals surface area contributed by atoms with Crippen LogP contribution in [-0.4, -0.2) is 60.3 Å². The molecule has 0 amide bonds. The fourth-order valence-electron chi connectivity index (χ4n) is 2.72. The minimum absolute atomic E-state index is 0.276. The highest BCUT2D eigenvalue weighted by molar-refractivity contribution is 6.29. The third kappa shape index (κ3) is 2.18. The van der Waals surface area contributed by atoms with Crippen LogP contribution in [0.4, 0.5) is 5.82 Å². The number of halogens is 1. The molecule has 3 rings (SSSR count). The normalized spacial score (nSPS) is 28.5. The number of aryl methyl sites for hydroxylation is 1. The van der Waals surface area contributed by atoms with Crippen molar-refractivity contribution in [2.24, 2.45) is 0 Å². The minimum Gasteiger partial charge on any atom is -0.373 e. The summed E-state index contributed by atoms with van der Waals surface area (Å²) in [6.07, 6.45) is 0.276. The van der Waals surface area contributed by atoms with E-state index in [1.165, 1.54) is 0 Å². The molecule has 2 aliphatic rings. The van der Waals surface area contributed by atoms with E-state index in [1.54, 1.807) is 0 Å². The standard InChI is InChI=1S/C12H17ClN4O/c1-8-14-11(13)5-12(15-8)17-6-9-10(7-17)18-4-3-16(9)2/h5,9-10H,3-4,6-7H2,1-2H3/t9-,10+/m1/s1. The van der Waals surface area contributed by atoms with Crippen LogP contribution in [0.15, 0.2) is 6.07 Å². The van der Waals surface area contributed by atoms with Crippen molar-refractivity contribution in [3.63, 3.8) is 0 Å². The van der Waals surface area contributed by atoms with Crippen molar-refractivity contribution in [2.45, 2.75) is 19.1 Å². The smallest absolute Gasteiger partial charge is 0.134 e. The Morgan fingerprint density at radius 2 is 2.22 bits per heavy atom. The summed E-state index contributed by atoms with van der Waals surface area (Å²) in [5.41, 5.74) is 0. The Bertz CT molecular complexity index is 435. The number of aromatic nitrogens is 2. The van der Waals surface area contributed by atoms with Crippen molar-refractivity contribution < 1.29 is 4.74 Å². The zero-order valence-electron chi connectivity index (χ0n) is 10.6. The molecule has 98 valence electrons. The summed E-state index contributed by atoms with van der Waals surface area (Å²) in [4.78, 5) is 13.2. The lowest BCUT2D eigenvalue weighted by atomic mass is 10.1. The van der Waals surface area contributed by atoms with Crippen molar-refractivity contribution >= 4 is 17.4 Å². The van der Waals surface area contributed by atoms with Gasteiger partial charge in [-0.15, -0.1) is 0 Å². The quantitative estimate of drug-likeness (QED) is 0.710. The van der Waals surface area contributed by atoms with E-state index in [4.69, 9.17) is 16.3 Å². The van der Waals surface area contributed by atoms with Crippen LogP contribution in [0.2, 0.25) is 5.15 Å². The highest BCUT2D eigenvalue weighted by Crippen LogP contribution is 2.26. The van der Waals surface area contributed by atoms with E-state index in [0.29, 0.717) is 17.0 Å². The lowest BCUT2D eigenvalue weighted by molar-refractivity contribution is -0.0362. The first-order valence-corrected chi connectivity index (χ1v) is 6.59. The van der Waals surface area contributed by atoms with Crippen molar-refractivity contribution in [2.75, 3.05) is 38.2 Å². The maximum atomic E-state index is 5.99. The second-order valence-corrected chi connectivity index (χ2v) is 5.35. The van der Waals surface area contributed by atoms with Gasteiger partial charge in [0, 0.05) is 25.7 Å². The topological polar surface area (TPSA) is 41.5 Å². The van der Waals surface area contributed by atoms with Gasteiger partial charge in [0.1, 0.15) is 16.8 Å². The van der Waals surface area contributed by atoms with Gasteiger partial charge in [0.25, 0.3) is 0 Å². The molecule has 1 aromatic heterocycles. The first kappa shape index (κ1) is 12.1. The van der Waals surface area contributed by atoms with Crippen LogP contribution in [0.1, 0.15) is 5.82 Å². The molecule has 0 bridgehead atoms. The number of hydrogen-bond donors (Lipinski definition) is 0. The summed E-state index contributed by atoms with van der Waals surface area (Å²) in [5.74, 6) is 1.61. The number of likely N-dealkylation sites (N-methyl/N-ethyl adjacent to an activating group) is 1. The number of rotatable bonds is 1. The predicted octanol–water partition coefficient (Wildman–Crippen LogP) is 0.958. The summed E-state index contributed by atoms with van der Waals surface area (Å²) >= 11 is 5.99. The van der Waals surface area contributed by atoms with Gasteiger partial charge in [0.15, 0.2) is 0 Å². The Morgan fingerprint density at radius 3 is 2.94 bits per heavy atom. The number of morpholine rings is 1. The van der Waals surface area contributed by atoms with E-state index in [9.17, 15) is 0 Å². The number of hydrogen-bond acceptors (Lipinski definition) is 5. The van der Waals surface area contributed by atoms with E-state index in [0.717, 1.165) is 32.1 Å². The van der Waals surface area contributed by atoms with E-state index < -0.39 is 0 Å². The van der Waals surface area contributed by atoms with Gasteiger partial charge in [0.2, 0.25) is 0 Å². The Balaban J connectivity index is 1.82. The van der Waals surface area contributed by atoms with Gasteiger partial charge in [-0.25, -0.2) is 9.97 Å². The summed E-state index contributed by atoms with van der Waals surface area (Å²) in [5, 5.41) is 0.502. The fourth-order valence-corrected chi connectivity index (χ4v) is 2.94. The average Bonchev–Trinajstić information content (AvgIpc) is 2.73. The molecule has 2 aliphatic heterocycles. The lowest BCUT2D eigenvalue weighted by Gasteiger charge is -2.33. The van der Waals surface area contributed by atoms with E-state index >= 15 is 0 Å². The van der Waals surface area contributed by atoms with Crippen molar-refractivity contribution in [3.05, 3.63) is 17.0 Å². The third-order valence-electron chi connectivity index (χ3n) is 3.70. The molecule has 3 heterocycles. The Labute approximate surface area is 112 Å². The van der Waals surface area contributed by atoms with E-state index in [2.05, 4.69) is 26.8 Å². The predicted molar refractivity (Wildman–Crippen MR) is 70.2 cm³/mol. The first-order chi connectivity index (χ1) is 8.63. The highest BCUT2D eigenvalue weighted by Gasteiger charge is 2.39. The maximum Gasteiger partial charge on any atom is 0.134 e. The molecule has 0 aliphatic carbocycles. The molecule has 0 aromatic carbocycles. The molecule has 0 saturated carbocycles. The molecule has 2 atom stereocenters. The third-order valence-corrected chi connectivity index (χ3v) is 3.89. The van der Waals surface area contributed by atoms with Crippen LogP contribution < -0.4 is 4.90 Å². The Hall–Kier alpha value is -0.910. The fraction of sp³-hybridized carbons (Fsp3) is 0.667. The van der Waals surface area contributed by atoms with Crippen LogP contribution in [0.25, 0.3) is 0 Å². The van der Waals surface area contributed by atoms with Gasteiger partial charge in [-0.05, 0) is 14.0 Å². The largest absolute Gasteiger partial charge is 0.373 e. The number of fused-ring (bicyclic) bond motifs is 1. The average molecular weight is 269 g/mol. The maximum absolute atomic E-state index is 5.99. The van der Waals surface area contributed by atoms with Crippen molar-refractivity contribution in [1.82, 2.24) is 14.9 Å². The highest BCUT2D eigenvalue weighted by atomic mass is 35.5. The molecule has 2 saturated heterocycles. The summed E-state index contributed by atoms with van der Waals surface area (Å²) in [6.45, 7) is 5.49. The van der Waals surface area contributed by atoms with Crippen LogP contribution in [-0.2, 0) is 4.74 Å². The lowest BCUT2D eigenvalue weighted by Crippen LogP contribution is -2.48. The molecular weight excluding hydrogens is 252 g/mol. The van der Waals surface area contributed by atoms with Gasteiger partial charge in [0.05, 0.1) is 18.8 Å². The Morgan fingerprint density at radius 1 is 1.39 bits per heavy atom. The van der Waals surface area contributed by atoms with Crippen LogP contribution in [0.5, 0.6) is 0 Å². The summed E-state index contributed by atoms with van der Waals surface area (Å²) in [7, 11) is 2.15. The number of nitrogens with zero attached hydrogens (tertiary/aromatic N) is 4. The monoisotopic (exact) mass is 268 g/mol. The van der Waals surface area contributed by atoms with E-state index in [-0.39, 0.29) is 6.10 Å². The molecule has 0 N–H and O–H groups in total. The first-order valence-electron chi connectivity index (χ1n) is 6.21. The van der Waals surface area contributed by atoms with Crippen molar-refractivity contribution in [3.8, 4) is 0 Å². The van der Waals surface area contributed by atoms with Crippen molar-refractivity contribution in [1.29, 1.82) is 0 Å². The Kier molecular flexibility index (Phi) is 3.13. The molecular formula is C12H17ClN4O. The molecule has 18 heavy (non-hydrogen) atoms. The summed E-state index contributed by atoms with van der Waals surface area (Å²) < 4.78 is 5.82. The van der Waals surface area contributed by atoms with Crippen LogP contribution >= 0.6 is 11.6 Å². The summed E-state index contributed by atoms with van der Waals surface area (Å²) in [6, 6.07) is 2.28. The molecule has 6 heteroatoms. The van der Waals surface area contributed by atoms with Gasteiger partial charge in [-0.3, -0.25) is 4.90 Å².